The summed E-state index contributed by atoms with van der Waals surface area (Å²) in [5.41, 5.74) is 0. The van der Waals surface area contributed by atoms with E-state index in [-0.39, 0.29) is 5.97 Å². The Balaban J connectivity index is 1.78. The minimum absolute atomic E-state index is 0.112. The molecule has 5 nitrogen and oxygen atoms in total. The van der Waals surface area contributed by atoms with E-state index < -0.39 is 0 Å². The van der Waals surface area contributed by atoms with Crippen LogP contribution in [0.4, 0.5) is 0 Å². The van der Waals surface area contributed by atoms with Crippen molar-refractivity contribution in [2.24, 2.45) is 0 Å². The van der Waals surface area contributed by atoms with Gasteiger partial charge in [-0.3, -0.25) is 4.79 Å². The molecule has 1 aromatic heterocycles. The summed E-state index contributed by atoms with van der Waals surface area (Å²) in [5, 5.41) is 9.53. The number of carbonyl (C=O) groups is 1. The molecule has 0 bridgehead atoms. The Morgan fingerprint density at radius 1 is 1.42 bits per heavy atom. The van der Waals surface area contributed by atoms with E-state index in [1.807, 2.05) is 6.92 Å². The van der Waals surface area contributed by atoms with Gasteiger partial charge < -0.3 is 9.30 Å². The zero-order valence-corrected chi connectivity index (χ0v) is 12.4. The quantitative estimate of drug-likeness (QED) is 0.417. The predicted octanol–water partition coefficient (Wildman–Crippen LogP) is 2.61. The molecule has 0 amide bonds. The average molecular weight is 283 g/mol. The van der Waals surface area contributed by atoms with Crippen molar-refractivity contribution in [3.05, 3.63) is 5.82 Å². The lowest BCUT2D eigenvalue weighted by molar-refractivity contribution is -0.143. The lowest BCUT2D eigenvalue weighted by Crippen LogP contribution is -2.04. The number of hydrogen-bond acceptors (Lipinski definition) is 5. The van der Waals surface area contributed by atoms with E-state index in [1.54, 1.807) is 11.8 Å². The summed E-state index contributed by atoms with van der Waals surface area (Å²) in [4.78, 5) is 11.2. The standard InChI is InChI=1S/C13H21N3O2S/c1-3-16-12(10-7-8-10)14-15-13(16)19-9-5-6-11(17)18-4-2/h10H,3-9H2,1-2H3. The van der Waals surface area contributed by atoms with Crippen LogP contribution < -0.4 is 0 Å². The number of ether oxygens (including phenoxy) is 1. The summed E-state index contributed by atoms with van der Waals surface area (Å²) in [6.45, 7) is 5.33. The molecule has 1 heterocycles. The van der Waals surface area contributed by atoms with Gasteiger partial charge in [-0.05, 0) is 33.1 Å². The van der Waals surface area contributed by atoms with E-state index in [2.05, 4.69) is 21.7 Å². The Labute approximate surface area is 118 Å². The number of rotatable bonds is 8. The van der Waals surface area contributed by atoms with Crippen molar-refractivity contribution < 1.29 is 9.53 Å². The fourth-order valence-electron chi connectivity index (χ4n) is 1.96. The number of carbonyl (C=O) groups excluding carboxylic acids is 1. The minimum Gasteiger partial charge on any atom is -0.466 e. The van der Waals surface area contributed by atoms with Gasteiger partial charge in [0.2, 0.25) is 0 Å². The first-order valence-electron chi connectivity index (χ1n) is 6.97. The number of nitrogens with zero attached hydrogens (tertiary/aromatic N) is 3. The molecular weight excluding hydrogens is 262 g/mol. The first-order chi connectivity index (χ1) is 9.26. The molecular formula is C13H21N3O2S. The number of hydrogen-bond donors (Lipinski definition) is 0. The van der Waals surface area contributed by atoms with E-state index in [0.29, 0.717) is 18.9 Å². The van der Waals surface area contributed by atoms with Gasteiger partial charge in [0.15, 0.2) is 5.16 Å². The van der Waals surface area contributed by atoms with Crippen molar-refractivity contribution in [2.75, 3.05) is 12.4 Å². The molecule has 0 spiro atoms. The zero-order valence-electron chi connectivity index (χ0n) is 11.6. The van der Waals surface area contributed by atoms with Gasteiger partial charge >= 0.3 is 5.97 Å². The Bertz CT molecular complexity index is 430. The highest BCUT2D eigenvalue weighted by atomic mass is 32.2. The van der Waals surface area contributed by atoms with Crippen LogP contribution in [0, 0.1) is 0 Å². The SMILES string of the molecule is CCOC(=O)CCCSc1nnc(C2CC2)n1CC. The van der Waals surface area contributed by atoms with Crippen LogP contribution >= 0.6 is 11.8 Å². The van der Waals surface area contributed by atoms with Crippen LogP contribution in [0.5, 0.6) is 0 Å². The molecule has 19 heavy (non-hydrogen) atoms. The third-order valence-corrected chi connectivity index (χ3v) is 4.12. The lowest BCUT2D eigenvalue weighted by Gasteiger charge is -2.06. The fourth-order valence-corrected chi connectivity index (χ4v) is 2.91. The van der Waals surface area contributed by atoms with Crippen LogP contribution in [0.2, 0.25) is 0 Å². The van der Waals surface area contributed by atoms with E-state index >= 15 is 0 Å². The Kier molecular flexibility index (Phi) is 5.24. The van der Waals surface area contributed by atoms with Crippen molar-refractivity contribution in [2.45, 2.75) is 57.1 Å². The van der Waals surface area contributed by atoms with Gasteiger partial charge in [-0.15, -0.1) is 10.2 Å². The second-order valence-electron chi connectivity index (χ2n) is 4.62. The summed E-state index contributed by atoms with van der Waals surface area (Å²) < 4.78 is 7.10. The van der Waals surface area contributed by atoms with Crippen molar-refractivity contribution in [3.8, 4) is 0 Å². The Morgan fingerprint density at radius 2 is 2.21 bits per heavy atom. The van der Waals surface area contributed by atoms with Crippen LogP contribution in [-0.4, -0.2) is 33.1 Å². The monoisotopic (exact) mass is 283 g/mol. The molecule has 0 atom stereocenters. The average Bonchev–Trinajstić information content (AvgIpc) is 3.16. The van der Waals surface area contributed by atoms with Crippen molar-refractivity contribution in [1.29, 1.82) is 0 Å². The van der Waals surface area contributed by atoms with E-state index in [9.17, 15) is 4.79 Å². The van der Waals surface area contributed by atoms with E-state index in [1.165, 1.54) is 12.8 Å². The molecule has 1 aromatic rings. The molecule has 0 aromatic carbocycles. The molecule has 0 unspecified atom stereocenters. The first-order valence-corrected chi connectivity index (χ1v) is 7.96. The normalized spacial score (nSPS) is 14.6. The number of aromatic nitrogens is 3. The molecule has 2 rings (SSSR count). The molecule has 1 fully saturated rings. The smallest absolute Gasteiger partial charge is 0.305 e. The molecule has 6 heteroatoms. The van der Waals surface area contributed by atoms with Gasteiger partial charge in [-0.2, -0.15) is 0 Å². The molecule has 106 valence electrons. The molecule has 1 aliphatic rings. The van der Waals surface area contributed by atoms with Gasteiger partial charge in [-0.1, -0.05) is 11.8 Å². The summed E-state index contributed by atoms with van der Waals surface area (Å²) in [6, 6.07) is 0. The van der Waals surface area contributed by atoms with Crippen molar-refractivity contribution in [1.82, 2.24) is 14.8 Å². The van der Waals surface area contributed by atoms with Crippen molar-refractivity contribution in [3.63, 3.8) is 0 Å². The maximum atomic E-state index is 11.2. The van der Waals surface area contributed by atoms with Crippen LogP contribution in [0.15, 0.2) is 5.16 Å². The summed E-state index contributed by atoms with van der Waals surface area (Å²) in [5.74, 6) is 2.53. The maximum absolute atomic E-state index is 11.2. The summed E-state index contributed by atoms with van der Waals surface area (Å²) in [6.07, 6.45) is 3.78. The van der Waals surface area contributed by atoms with Gasteiger partial charge in [-0.25, -0.2) is 0 Å². The topological polar surface area (TPSA) is 57.0 Å². The molecule has 0 N–H and O–H groups in total. The van der Waals surface area contributed by atoms with Gasteiger partial charge in [0, 0.05) is 24.6 Å². The molecule has 1 aliphatic carbocycles. The molecule has 1 saturated carbocycles. The van der Waals surface area contributed by atoms with Gasteiger partial charge in [0.25, 0.3) is 0 Å². The van der Waals surface area contributed by atoms with Gasteiger partial charge in [0.05, 0.1) is 6.61 Å². The maximum Gasteiger partial charge on any atom is 0.305 e. The van der Waals surface area contributed by atoms with Crippen LogP contribution in [0.1, 0.15) is 51.3 Å². The second kappa shape index (κ2) is 6.93. The second-order valence-corrected chi connectivity index (χ2v) is 5.68. The highest BCUT2D eigenvalue weighted by Gasteiger charge is 2.29. The fraction of sp³-hybridized carbons (Fsp3) is 0.769. The first kappa shape index (κ1) is 14.4. The van der Waals surface area contributed by atoms with Crippen molar-refractivity contribution >= 4 is 17.7 Å². The highest BCUT2D eigenvalue weighted by molar-refractivity contribution is 7.99. The predicted molar refractivity (Wildman–Crippen MR) is 74.3 cm³/mol. The number of thioether (sulfide) groups is 1. The molecule has 0 aliphatic heterocycles. The Hall–Kier alpha value is -1.04. The minimum atomic E-state index is -0.112. The van der Waals surface area contributed by atoms with Gasteiger partial charge in [0.1, 0.15) is 5.82 Å². The van der Waals surface area contributed by atoms with E-state index in [0.717, 1.165) is 29.7 Å². The third kappa shape index (κ3) is 3.96. The Morgan fingerprint density at radius 3 is 2.84 bits per heavy atom. The van der Waals surface area contributed by atoms with Crippen LogP contribution in [0.25, 0.3) is 0 Å². The lowest BCUT2D eigenvalue weighted by atomic mass is 10.3. The number of esters is 1. The van der Waals surface area contributed by atoms with Crippen LogP contribution in [0.3, 0.4) is 0 Å². The zero-order chi connectivity index (χ0) is 13.7. The van der Waals surface area contributed by atoms with Crippen LogP contribution in [-0.2, 0) is 16.1 Å². The summed E-state index contributed by atoms with van der Waals surface area (Å²) >= 11 is 1.68. The highest BCUT2D eigenvalue weighted by Crippen LogP contribution is 2.39. The van der Waals surface area contributed by atoms with E-state index in [4.69, 9.17) is 4.74 Å². The molecule has 0 radical (unpaired) electrons. The third-order valence-electron chi connectivity index (χ3n) is 3.07. The molecule has 0 saturated heterocycles. The largest absolute Gasteiger partial charge is 0.466 e. The summed E-state index contributed by atoms with van der Waals surface area (Å²) in [7, 11) is 0.